The van der Waals surface area contributed by atoms with Crippen LogP contribution >= 0.6 is 11.3 Å². The molecule has 0 atom stereocenters. The van der Waals surface area contributed by atoms with Gasteiger partial charge < -0.3 is 11.1 Å². The molecular weight excluding hydrogens is 308 g/mol. The minimum Gasteiger partial charge on any atom is -0.366 e. The van der Waals surface area contributed by atoms with Crippen molar-refractivity contribution in [3.8, 4) is 0 Å². The quantitative estimate of drug-likeness (QED) is 0.843. The largest absolute Gasteiger partial charge is 0.366 e. The monoisotopic (exact) mass is 324 g/mol. The Morgan fingerprint density at radius 2 is 1.90 bits per heavy atom. The van der Waals surface area contributed by atoms with Crippen LogP contribution < -0.4 is 11.1 Å². The van der Waals surface area contributed by atoms with Crippen LogP contribution in [-0.4, -0.2) is 20.6 Å². The lowest BCUT2D eigenvalue weighted by molar-refractivity contribution is 0.100. The number of primary amides is 1. The molecule has 2 rings (SSSR count). The third-order valence-corrected chi connectivity index (χ3v) is 4.98. The highest BCUT2D eigenvalue weighted by atomic mass is 32.2. The fraction of sp³-hybridized carbons (Fsp3) is 0.214. The molecule has 2 aromatic rings. The van der Waals surface area contributed by atoms with Crippen LogP contribution in [0, 0.1) is 0 Å². The van der Waals surface area contributed by atoms with E-state index in [1.54, 1.807) is 35.7 Å². The molecule has 1 amide bonds. The van der Waals surface area contributed by atoms with E-state index in [0.717, 1.165) is 10.4 Å². The van der Waals surface area contributed by atoms with Gasteiger partial charge in [0.15, 0.2) is 9.84 Å². The average molecular weight is 324 g/mol. The Kier molecular flexibility index (Phi) is 4.76. The summed E-state index contributed by atoms with van der Waals surface area (Å²) in [5.74, 6) is -0.422. The summed E-state index contributed by atoms with van der Waals surface area (Å²) in [5.41, 5.74) is 6.71. The molecule has 3 N–H and O–H groups in total. The Bertz CT molecular complexity index is 734. The molecule has 0 bridgehead atoms. The van der Waals surface area contributed by atoms with Gasteiger partial charge >= 0.3 is 0 Å². The summed E-state index contributed by atoms with van der Waals surface area (Å²) in [6.45, 7) is 1.25. The van der Waals surface area contributed by atoms with Crippen LogP contribution in [0.4, 0.5) is 0 Å². The highest BCUT2D eigenvalue weighted by Crippen LogP contribution is 2.14. The molecule has 0 radical (unpaired) electrons. The van der Waals surface area contributed by atoms with Gasteiger partial charge in [0.1, 0.15) is 0 Å². The third-order valence-electron chi connectivity index (χ3n) is 2.92. The standard InChI is InChI=1S/C14H16N2O3S2/c1-21(18,19)13-4-2-10(3-5-13)7-16-8-12-6-11(9-20-12)14(15)17/h2-6,9,16H,7-8H2,1H3,(H2,15,17). The number of hydrogen-bond donors (Lipinski definition) is 2. The van der Waals surface area contributed by atoms with Crippen LogP contribution in [0.15, 0.2) is 40.6 Å². The lowest BCUT2D eigenvalue weighted by Gasteiger charge is -2.04. The normalized spacial score (nSPS) is 11.5. The Hall–Kier alpha value is -1.70. The van der Waals surface area contributed by atoms with E-state index < -0.39 is 15.7 Å². The predicted molar refractivity (Wildman–Crippen MR) is 82.9 cm³/mol. The van der Waals surface area contributed by atoms with Crippen LogP contribution in [0.3, 0.4) is 0 Å². The first-order valence-corrected chi connectivity index (χ1v) is 9.00. The van der Waals surface area contributed by atoms with Crippen molar-refractivity contribution < 1.29 is 13.2 Å². The van der Waals surface area contributed by atoms with Crippen molar-refractivity contribution in [2.45, 2.75) is 18.0 Å². The first kappa shape index (κ1) is 15.7. The number of thiophene rings is 1. The summed E-state index contributed by atoms with van der Waals surface area (Å²) < 4.78 is 22.7. The molecule has 0 unspecified atom stereocenters. The molecule has 21 heavy (non-hydrogen) atoms. The summed E-state index contributed by atoms with van der Waals surface area (Å²) in [6.07, 6.45) is 1.19. The Labute approximate surface area is 127 Å². The number of carbonyl (C=O) groups excluding carboxylic acids is 1. The van der Waals surface area contributed by atoms with Gasteiger partial charge in [0.25, 0.3) is 0 Å². The lowest BCUT2D eigenvalue weighted by Crippen LogP contribution is -2.12. The molecule has 0 fully saturated rings. The van der Waals surface area contributed by atoms with Crippen molar-refractivity contribution in [2.75, 3.05) is 6.26 Å². The molecule has 7 heteroatoms. The fourth-order valence-corrected chi connectivity index (χ4v) is 3.26. The summed E-state index contributed by atoms with van der Waals surface area (Å²) in [6, 6.07) is 8.54. The zero-order chi connectivity index (χ0) is 15.5. The Morgan fingerprint density at radius 3 is 2.43 bits per heavy atom. The molecule has 112 valence electrons. The van der Waals surface area contributed by atoms with Gasteiger partial charge in [-0.05, 0) is 23.8 Å². The molecular formula is C14H16N2O3S2. The zero-order valence-corrected chi connectivity index (χ0v) is 13.1. The van der Waals surface area contributed by atoms with E-state index in [4.69, 9.17) is 5.73 Å². The van der Waals surface area contributed by atoms with Crippen molar-refractivity contribution in [3.05, 3.63) is 51.7 Å². The second-order valence-corrected chi connectivity index (χ2v) is 7.70. The summed E-state index contributed by atoms with van der Waals surface area (Å²) in [7, 11) is -3.15. The number of rotatable bonds is 6. The molecule has 1 heterocycles. The summed E-state index contributed by atoms with van der Waals surface area (Å²) in [4.78, 5) is 12.3. The van der Waals surface area contributed by atoms with Crippen molar-refractivity contribution >= 4 is 27.1 Å². The third kappa shape index (κ3) is 4.38. The second-order valence-electron chi connectivity index (χ2n) is 4.69. The molecule has 0 saturated heterocycles. The van der Waals surface area contributed by atoms with Crippen molar-refractivity contribution in [1.29, 1.82) is 0 Å². The first-order valence-electron chi connectivity index (χ1n) is 6.23. The molecule has 1 aromatic carbocycles. The van der Waals surface area contributed by atoms with E-state index in [1.807, 2.05) is 0 Å². The van der Waals surface area contributed by atoms with E-state index in [1.165, 1.54) is 17.6 Å². The Morgan fingerprint density at radius 1 is 1.24 bits per heavy atom. The van der Waals surface area contributed by atoms with Gasteiger partial charge in [-0.3, -0.25) is 4.79 Å². The number of sulfone groups is 1. The highest BCUT2D eigenvalue weighted by Gasteiger charge is 2.06. The van der Waals surface area contributed by atoms with Gasteiger partial charge in [-0.15, -0.1) is 11.3 Å². The van der Waals surface area contributed by atoms with Gasteiger partial charge in [0.05, 0.1) is 10.5 Å². The van der Waals surface area contributed by atoms with Crippen molar-refractivity contribution in [2.24, 2.45) is 5.73 Å². The Balaban J connectivity index is 1.89. The van der Waals surface area contributed by atoms with Crippen LogP contribution in [0.25, 0.3) is 0 Å². The number of nitrogens with two attached hydrogens (primary N) is 1. The van der Waals surface area contributed by atoms with Gasteiger partial charge in [-0.25, -0.2) is 8.42 Å². The average Bonchev–Trinajstić information content (AvgIpc) is 2.87. The maximum atomic E-state index is 11.3. The van der Waals surface area contributed by atoms with Gasteiger partial charge in [0, 0.05) is 29.6 Å². The molecule has 1 aromatic heterocycles. The van der Waals surface area contributed by atoms with E-state index in [9.17, 15) is 13.2 Å². The topological polar surface area (TPSA) is 89.3 Å². The highest BCUT2D eigenvalue weighted by molar-refractivity contribution is 7.90. The van der Waals surface area contributed by atoms with Crippen LogP contribution in [0.5, 0.6) is 0 Å². The number of benzene rings is 1. The van der Waals surface area contributed by atoms with Crippen LogP contribution in [0.1, 0.15) is 20.8 Å². The molecule has 5 nitrogen and oxygen atoms in total. The van der Waals surface area contributed by atoms with Gasteiger partial charge in [-0.2, -0.15) is 0 Å². The number of amides is 1. The maximum absolute atomic E-state index is 11.3. The SMILES string of the molecule is CS(=O)(=O)c1ccc(CNCc2cc(C(N)=O)cs2)cc1. The number of carbonyl (C=O) groups is 1. The molecule has 0 saturated carbocycles. The van der Waals surface area contributed by atoms with Gasteiger partial charge in [-0.1, -0.05) is 12.1 Å². The summed E-state index contributed by atoms with van der Waals surface area (Å²) >= 11 is 1.48. The molecule has 0 aliphatic rings. The number of hydrogen-bond acceptors (Lipinski definition) is 5. The van der Waals surface area contributed by atoms with Crippen LogP contribution in [0.2, 0.25) is 0 Å². The molecule has 0 spiro atoms. The van der Waals surface area contributed by atoms with Crippen molar-refractivity contribution in [1.82, 2.24) is 5.32 Å². The number of nitrogens with one attached hydrogen (secondary N) is 1. The molecule has 0 aliphatic carbocycles. The van der Waals surface area contributed by atoms with E-state index in [0.29, 0.717) is 23.5 Å². The first-order chi connectivity index (χ1) is 9.86. The maximum Gasteiger partial charge on any atom is 0.249 e. The lowest BCUT2D eigenvalue weighted by atomic mass is 10.2. The van der Waals surface area contributed by atoms with E-state index in [-0.39, 0.29) is 0 Å². The van der Waals surface area contributed by atoms with Crippen molar-refractivity contribution in [3.63, 3.8) is 0 Å². The predicted octanol–water partition coefficient (Wildman–Crippen LogP) is 1.54. The minimum absolute atomic E-state index is 0.315. The molecule has 0 aliphatic heterocycles. The second kappa shape index (κ2) is 6.38. The minimum atomic E-state index is -3.15. The summed E-state index contributed by atoms with van der Waals surface area (Å²) in [5, 5.41) is 4.97. The van der Waals surface area contributed by atoms with Crippen LogP contribution in [-0.2, 0) is 22.9 Å². The smallest absolute Gasteiger partial charge is 0.249 e. The van der Waals surface area contributed by atoms with E-state index in [2.05, 4.69) is 5.32 Å². The zero-order valence-electron chi connectivity index (χ0n) is 11.5. The van der Waals surface area contributed by atoms with Gasteiger partial charge in [0.2, 0.25) is 5.91 Å². The fourth-order valence-electron chi connectivity index (χ4n) is 1.79. The van der Waals surface area contributed by atoms with E-state index >= 15 is 0 Å².